The number of hydrogen-bond donors (Lipinski definition) is 0. The number of rotatable bonds is 42. The third kappa shape index (κ3) is 42.1. The van der Waals surface area contributed by atoms with E-state index in [9.17, 15) is 19.0 Å². The van der Waals surface area contributed by atoms with Crippen LogP contribution < -0.4 is 4.89 Å². The number of carbonyl (C=O) groups excluding carboxylic acids is 2. The largest absolute Gasteiger partial charge is 0.756 e. The third-order valence-electron chi connectivity index (χ3n) is 9.94. The molecular weight excluding hydrogens is 725 g/mol. The Kier molecular flexibility index (Phi) is 37.9. The molecule has 10 heteroatoms. The summed E-state index contributed by atoms with van der Waals surface area (Å²) in [6.07, 6.45) is 42.0. The van der Waals surface area contributed by atoms with E-state index in [0.717, 1.165) is 64.2 Å². The predicted octanol–water partition coefficient (Wildman–Crippen LogP) is 12.5. The average molecular weight is 814 g/mol. The number of esters is 2. The highest BCUT2D eigenvalue weighted by atomic mass is 31.2. The van der Waals surface area contributed by atoms with E-state index in [4.69, 9.17) is 18.5 Å². The molecule has 0 fully saturated rings. The fourth-order valence-electron chi connectivity index (χ4n) is 6.29. The smallest absolute Gasteiger partial charge is 0.306 e. The molecule has 0 rings (SSSR count). The van der Waals surface area contributed by atoms with E-state index in [2.05, 4.69) is 38.2 Å². The lowest BCUT2D eigenvalue weighted by Crippen LogP contribution is -2.37. The molecule has 0 saturated heterocycles. The molecule has 0 radical (unpaired) electrons. The number of carbonyl (C=O) groups is 2. The Morgan fingerprint density at radius 3 is 1.32 bits per heavy atom. The van der Waals surface area contributed by atoms with Crippen LogP contribution in [0.5, 0.6) is 0 Å². The van der Waals surface area contributed by atoms with E-state index in [-0.39, 0.29) is 26.1 Å². The van der Waals surface area contributed by atoms with Gasteiger partial charge in [0.05, 0.1) is 27.7 Å². The summed E-state index contributed by atoms with van der Waals surface area (Å²) in [5.41, 5.74) is 0. The zero-order valence-corrected chi connectivity index (χ0v) is 38.0. The molecule has 0 amide bonds. The van der Waals surface area contributed by atoms with Gasteiger partial charge in [0.15, 0.2) is 6.10 Å². The monoisotopic (exact) mass is 814 g/mol. The highest BCUT2D eigenvalue weighted by Crippen LogP contribution is 2.38. The van der Waals surface area contributed by atoms with Crippen LogP contribution in [0.3, 0.4) is 0 Å². The van der Waals surface area contributed by atoms with Crippen LogP contribution in [0.1, 0.15) is 206 Å². The Labute approximate surface area is 345 Å². The Morgan fingerprint density at radius 1 is 0.536 bits per heavy atom. The molecule has 0 saturated carbocycles. The molecular formula is C46H88NO8P. The maximum Gasteiger partial charge on any atom is 0.306 e. The van der Waals surface area contributed by atoms with Gasteiger partial charge in [0, 0.05) is 12.8 Å². The number of ether oxygens (including phenoxy) is 2. The second-order valence-electron chi connectivity index (χ2n) is 16.8. The van der Waals surface area contributed by atoms with Crippen molar-refractivity contribution in [2.24, 2.45) is 0 Å². The summed E-state index contributed by atoms with van der Waals surface area (Å²) >= 11 is 0. The van der Waals surface area contributed by atoms with Crippen LogP contribution in [0.15, 0.2) is 24.3 Å². The molecule has 2 atom stereocenters. The summed E-state index contributed by atoms with van der Waals surface area (Å²) < 4.78 is 33.9. The van der Waals surface area contributed by atoms with Gasteiger partial charge in [0.25, 0.3) is 7.82 Å². The first-order valence-corrected chi connectivity index (χ1v) is 24.5. The highest BCUT2D eigenvalue weighted by molar-refractivity contribution is 7.45. The van der Waals surface area contributed by atoms with Crippen molar-refractivity contribution >= 4 is 19.8 Å². The van der Waals surface area contributed by atoms with Gasteiger partial charge in [-0.15, -0.1) is 0 Å². The lowest BCUT2D eigenvalue weighted by molar-refractivity contribution is -0.870. The van der Waals surface area contributed by atoms with Crippen molar-refractivity contribution in [3.8, 4) is 0 Å². The standard InChI is InChI=1S/C46H88NO8P/c1-6-8-10-12-14-16-18-20-22-23-25-27-29-31-33-35-37-39-46(49)55-44(43-54-56(50,51)53-41-40-47(3,4)5)42-52-45(48)38-36-34-32-30-28-26-24-21-19-17-15-13-11-9-7-2/h20-22,24,44H,6-19,23,25-43H2,1-5H3/b22-20-,24-21-/t44-/m1/s1. The number of unbranched alkanes of at least 4 members (excludes halogenated alkanes) is 24. The third-order valence-corrected chi connectivity index (χ3v) is 10.9. The summed E-state index contributed by atoms with van der Waals surface area (Å²) in [5.74, 6) is -0.844. The summed E-state index contributed by atoms with van der Waals surface area (Å²) in [5, 5.41) is 0. The first kappa shape index (κ1) is 54.5. The Balaban J connectivity index is 4.34. The minimum Gasteiger partial charge on any atom is -0.756 e. The van der Waals surface area contributed by atoms with Crippen molar-refractivity contribution < 1.29 is 42.1 Å². The second kappa shape index (κ2) is 39.0. The van der Waals surface area contributed by atoms with E-state index in [1.54, 1.807) is 0 Å². The molecule has 0 aromatic rings. The number of allylic oxidation sites excluding steroid dienone is 4. The first-order valence-electron chi connectivity index (χ1n) is 23.0. The number of hydrogen-bond acceptors (Lipinski definition) is 8. The normalized spacial score (nSPS) is 13.8. The Bertz CT molecular complexity index is 1010. The molecule has 0 aliphatic heterocycles. The molecule has 0 aliphatic carbocycles. The highest BCUT2D eigenvalue weighted by Gasteiger charge is 2.21. The van der Waals surface area contributed by atoms with E-state index >= 15 is 0 Å². The minimum atomic E-state index is -4.63. The summed E-state index contributed by atoms with van der Waals surface area (Å²) in [6.45, 7) is 4.22. The van der Waals surface area contributed by atoms with Gasteiger partial charge >= 0.3 is 11.9 Å². The fraction of sp³-hybridized carbons (Fsp3) is 0.870. The van der Waals surface area contributed by atoms with Gasteiger partial charge in [-0.05, 0) is 64.2 Å². The van der Waals surface area contributed by atoms with Crippen molar-refractivity contribution in [1.82, 2.24) is 0 Å². The Hall–Kier alpha value is -1.51. The molecule has 1 unspecified atom stereocenters. The van der Waals surface area contributed by atoms with E-state index in [0.29, 0.717) is 17.4 Å². The predicted molar refractivity (Wildman–Crippen MR) is 231 cm³/mol. The molecule has 0 N–H and O–H groups in total. The Morgan fingerprint density at radius 2 is 0.911 bits per heavy atom. The number of likely N-dealkylation sites (N-methyl/N-ethyl adjacent to an activating group) is 1. The van der Waals surface area contributed by atoms with E-state index in [1.807, 2.05) is 21.1 Å². The van der Waals surface area contributed by atoms with Crippen LogP contribution in [0.4, 0.5) is 0 Å². The van der Waals surface area contributed by atoms with Gasteiger partial charge in [-0.25, -0.2) is 0 Å². The van der Waals surface area contributed by atoms with E-state index in [1.165, 1.54) is 109 Å². The molecule has 0 bridgehead atoms. The van der Waals surface area contributed by atoms with Crippen molar-refractivity contribution in [1.29, 1.82) is 0 Å². The topological polar surface area (TPSA) is 111 Å². The van der Waals surface area contributed by atoms with Crippen LogP contribution in [-0.2, 0) is 32.7 Å². The summed E-state index contributed by atoms with van der Waals surface area (Å²) in [4.78, 5) is 37.6. The zero-order valence-electron chi connectivity index (χ0n) is 37.1. The maximum atomic E-state index is 12.7. The summed E-state index contributed by atoms with van der Waals surface area (Å²) in [6, 6.07) is 0. The average Bonchev–Trinajstić information content (AvgIpc) is 3.15. The first-order chi connectivity index (χ1) is 27.0. The van der Waals surface area contributed by atoms with Gasteiger partial charge in [-0.1, -0.05) is 154 Å². The summed E-state index contributed by atoms with van der Waals surface area (Å²) in [7, 11) is 1.16. The molecule has 0 aromatic carbocycles. The van der Waals surface area contributed by atoms with Gasteiger partial charge in [0.2, 0.25) is 0 Å². The quantitative estimate of drug-likeness (QED) is 0.0197. The van der Waals surface area contributed by atoms with Gasteiger partial charge in [-0.2, -0.15) is 0 Å². The van der Waals surface area contributed by atoms with E-state index < -0.39 is 32.5 Å². The molecule has 0 aromatic heterocycles. The number of nitrogens with zero attached hydrogens (tertiary/aromatic N) is 1. The molecule has 56 heavy (non-hydrogen) atoms. The maximum absolute atomic E-state index is 12.7. The van der Waals surface area contributed by atoms with Gasteiger partial charge in [0.1, 0.15) is 19.8 Å². The van der Waals surface area contributed by atoms with Gasteiger partial charge in [-0.3, -0.25) is 14.2 Å². The lowest BCUT2D eigenvalue weighted by Gasteiger charge is -2.28. The van der Waals surface area contributed by atoms with Crippen LogP contribution in [-0.4, -0.2) is 70.0 Å². The zero-order chi connectivity index (χ0) is 41.4. The van der Waals surface area contributed by atoms with Crippen LogP contribution in [0, 0.1) is 0 Å². The number of phosphoric acid groups is 1. The minimum absolute atomic E-state index is 0.0317. The number of quaternary nitrogens is 1. The number of phosphoric ester groups is 1. The van der Waals surface area contributed by atoms with Gasteiger partial charge < -0.3 is 27.9 Å². The van der Waals surface area contributed by atoms with Crippen molar-refractivity contribution in [3.63, 3.8) is 0 Å². The molecule has 0 spiro atoms. The van der Waals surface area contributed by atoms with Crippen LogP contribution >= 0.6 is 7.82 Å². The molecule has 330 valence electrons. The lowest BCUT2D eigenvalue weighted by atomic mass is 10.1. The molecule has 0 aliphatic rings. The van der Waals surface area contributed by atoms with Crippen molar-refractivity contribution in [2.45, 2.75) is 213 Å². The van der Waals surface area contributed by atoms with Crippen molar-refractivity contribution in [2.75, 3.05) is 47.5 Å². The molecule has 0 heterocycles. The SMILES string of the molecule is CCCCCCCC/C=C\CCCCCCCCCC(=O)O[C@H](COC(=O)CCCCCCC/C=C\CCCCCCCC)COP(=O)([O-])OCC[N+](C)(C)C. The molecule has 9 nitrogen and oxygen atoms in total. The van der Waals surface area contributed by atoms with Crippen LogP contribution in [0.2, 0.25) is 0 Å². The fourth-order valence-corrected chi connectivity index (χ4v) is 7.02. The second-order valence-corrected chi connectivity index (χ2v) is 18.2. The van der Waals surface area contributed by atoms with Crippen LogP contribution in [0.25, 0.3) is 0 Å². The van der Waals surface area contributed by atoms with Crippen molar-refractivity contribution in [3.05, 3.63) is 24.3 Å².